The molecule has 302 valence electrons. The average Bonchev–Trinajstić information content (AvgIpc) is 3.63. The lowest BCUT2D eigenvalue weighted by molar-refractivity contribution is 0.0968. The van der Waals surface area contributed by atoms with Crippen LogP contribution in [0.4, 0.5) is 0 Å². The molecule has 1 fully saturated rings. The largest absolute Gasteiger partial charge is 0.454 e. The van der Waals surface area contributed by atoms with Gasteiger partial charge >= 0.3 is 0 Å². The molecule has 4 heteroatoms. The molecule has 0 atom stereocenters. The summed E-state index contributed by atoms with van der Waals surface area (Å²) in [5.41, 5.74) is 1.41. The minimum absolute atomic E-state index is 0. The van der Waals surface area contributed by atoms with Gasteiger partial charge in [-0.25, -0.2) is 0 Å². The third kappa shape index (κ3) is 66.0. The van der Waals surface area contributed by atoms with Crippen LogP contribution >= 0.6 is 0 Å². The summed E-state index contributed by atoms with van der Waals surface area (Å²) in [4.78, 5) is 3.78. The molecular formula is C47H91NO3. The fourth-order valence-electron chi connectivity index (χ4n) is 2.68. The number of hydrogen-bond acceptors (Lipinski definition) is 4. The van der Waals surface area contributed by atoms with Crippen molar-refractivity contribution in [2.45, 2.75) is 164 Å². The first kappa shape index (κ1) is 63.2. The first-order chi connectivity index (χ1) is 24.0. The summed E-state index contributed by atoms with van der Waals surface area (Å²) in [6.07, 6.45) is 7.43. The first-order valence-corrected chi connectivity index (χ1v) is 19.8. The van der Waals surface area contributed by atoms with E-state index in [0.29, 0.717) is 12.7 Å². The van der Waals surface area contributed by atoms with E-state index < -0.39 is 0 Å². The smallest absolute Gasteiger partial charge is 0.231 e. The molecule has 2 aromatic carbocycles. The van der Waals surface area contributed by atoms with Gasteiger partial charge in [0.05, 0.1) is 0 Å². The summed E-state index contributed by atoms with van der Waals surface area (Å²) in [7, 11) is 0. The summed E-state index contributed by atoms with van der Waals surface area (Å²) in [5.74, 6) is 4.85. The maximum absolute atomic E-state index is 5.08. The van der Waals surface area contributed by atoms with Gasteiger partial charge in [-0.1, -0.05) is 188 Å². The van der Waals surface area contributed by atoms with Crippen LogP contribution < -0.4 is 9.47 Å². The summed E-state index contributed by atoms with van der Waals surface area (Å²) in [6, 6.07) is 23.9. The second-order valence-electron chi connectivity index (χ2n) is 12.3. The molecule has 0 spiro atoms. The zero-order valence-electron chi connectivity index (χ0n) is 36.8. The van der Waals surface area contributed by atoms with E-state index in [1.807, 2.05) is 104 Å². The highest BCUT2D eigenvalue weighted by molar-refractivity contribution is 5.40. The van der Waals surface area contributed by atoms with Gasteiger partial charge in [-0.05, 0) is 72.8 Å². The number of ether oxygens (including phenoxy) is 3. The van der Waals surface area contributed by atoms with Crippen molar-refractivity contribution in [3.8, 4) is 11.5 Å². The lowest BCUT2D eigenvalue weighted by Crippen LogP contribution is -2.03. The molecule has 2 aliphatic rings. The van der Waals surface area contributed by atoms with E-state index in [1.165, 1.54) is 24.8 Å². The minimum atomic E-state index is 0. The van der Waals surface area contributed by atoms with E-state index in [2.05, 4.69) is 105 Å². The van der Waals surface area contributed by atoms with Gasteiger partial charge in [0.15, 0.2) is 11.5 Å². The number of aromatic nitrogens is 1. The Bertz CT molecular complexity index is 825. The van der Waals surface area contributed by atoms with Crippen LogP contribution in [0, 0.1) is 17.8 Å². The molecule has 0 unspecified atom stereocenters. The second kappa shape index (κ2) is 56.5. The SMILES string of the molecule is C.C1CCOCC1.CC.CC.CC.CC.CC(C)C.CC(C)C.CC(C)C.CC(C)c1ccccc1.c1ccc2c(c1)OCO2.c1ccncc1. The van der Waals surface area contributed by atoms with Crippen LogP contribution in [-0.4, -0.2) is 25.0 Å². The molecule has 1 saturated heterocycles. The lowest BCUT2D eigenvalue weighted by Gasteiger charge is -2.08. The number of pyridine rings is 1. The van der Waals surface area contributed by atoms with E-state index in [9.17, 15) is 0 Å². The van der Waals surface area contributed by atoms with Gasteiger partial charge < -0.3 is 14.2 Å². The summed E-state index contributed by atoms with van der Waals surface area (Å²) in [6.45, 7) is 42.3. The van der Waals surface area contributed by atoms with Crippen LogP contribution in [0.5, 0.6) is 11.5 Å². The first-order valence-electron chi connectivity index (χ1n) is 19.8. The Morgan fingerprint density at radius 3 is 0.961 bits per heavy atom. The molecule has 51 heavy (non-hydrogen) atoms. The van der Waals surface area contributed by atoms with E-state index in [1.54, 1.807) is 12.4 Å². The van der Waals surface area contributed by atoms with E-state index in [-0.39, 0.29) is 7.43 Å². The van der Waals surface area contributed by atoms with Gasteiger partial charge in [-0.2, -0.15) is 0 Å². The third-order valence-electron chi connectivity index (χ3n) is 4.39. The van der Waals surface area contributed by atoms with Crippen LogP contribution in [0.3, 0.4) is 0 Å². The Kier molecular flexibility index (Phi) is 70.1. The van der Waals surface area contributed by atoms with Crippen molar-refractivity contribution in [2.24, 2.45) is 17.8 Å². The molecule has 0 aliphatic carbocycles. The number of fused-ring (bicyclic) bond motifs is 1. The maximum atomic E-state index is 5.08. The molecule has 3 aromatic rings. The Morgan fingerprint density at radius 2 is 0.765 bits per heavy atom. The third-order valence-corrected chi connectivity index (χ3v) is 4.39. The highest BCUT2D eigenvalue weighted by Crippen LogP contribution is 2.30. The molecular weight excluding hydrogens is 627 g/mol. The molecule has 0 saturated carbocycles. The number of benzene rings is 2. The number of rotatable bonds is 1. The van der Waals surface area contributed by atoms with Crippen LogP contribution in [0.25, 0.3) is 0 Å². The molecule has 1 aromatic heterocycles. The molecule has 4 nitrogen and oxygen atoms in total. The maximum Gasteiger partial charge on any atom is 0.231 e. The number of hydrogen-bond donors (Lipinski definition) is 0. The highest BCUT2D eigenvalue weighted by Gasteiger charge is 2.09. The highest BCUT2D eigenvalue weighted by atomic mass is 16.7. The Hall–Kier alpha value is -2.85. The van der Waals surface area contributed by atoms with Gasteiger partial charge in [0.2, 0.25) is 6.79 Å². The number of para-hydroxylation sites is 2. The second-order valence-corrected chi connectivity index (χ2v) is 12.3. The van der Waals surface area contributed by atoms with Crippen LogP contribution in [0.15, 0.2) is 85.2 Å². The number of nitrogens with zero attached hydrogens (tertiary/aromatic N) is 1. The predicted molar refractivity (Wildman–Crippen MR) is 236 cm³/mol. The fourth-order valence-corrected chi connectivity index (χ4v) is 2.68. The zero-order chi connectivity index (χ0) is 40.0. The van der Waals surface area contributed by atoms with Crippen molar-refractivity contribution in [1.29, 1.82) is 0 Å². The summed E-state index contributed by atoms with van der Waals surface area (Å²) < 4.78 is 15.2. The van der Waals surface area contributed by atoms with Crippen molar-refractivity contribution in [3.63, 3.8) is 0 Å². The van der Waals surface area contributed by atoms with Gasteiger partial charge in [0.1, 0.15) is 0 Å². The normalized spacial score (nSPS) is 10.6. The average molecular weight is 718 g/mol. The predicted octanol–water partition coefficient (Wildman–Crippen LogP) is 16.2. The standard InChI is InChI=1S/C9H12.C7H6O2.C5H5N.C5H10O.3C4H10.4C2H6.CH4/c1-8(2)9-6-4-3-5-7-9;1-2-4-7-6(3-1)8-5-9-7;2*1-2-4-6-5-3-1;3*1-4(2)3;4*1-2;/h3-8H,1-2H3;1-4H,5H2;1-5H;1-5H2;3*4H,1-3H3;4*1-2H3;1H4. The van der Waals surface area contributed by atoms with Gasteiger partial charge in [0.25, 0.3) is 0 Å². The summed E-state index contributed by atoms with van der Waals surface area (Å²) >= 11 is 0. The van der Waals surface area contributed by atoms with E-state index in [4.69, 9.17) is 14.2 Å². The molecule has 5 rings (SSSR count). The Labute approximate surface area is 322 Å². The van der Waals surface area contributed by atoms with E-state index >= 15 is 0 Å². The van der Waals surface area contributed by atoms with Gasteiger partial charge in [0, 0.05) is 25.6 Å². The fraction of sp³-hybridized carbons (Fsp3) is 0.638. The van der Waals surface area contributed by atoms with Crippen molar-refractivity contribution in [2.75, 3.05) is 20.0 Å². The van der Waals surface area contributed by atoms with Crippen LogP contribution in [-0.2, 0) is 4.74 Å². The lowest BCUT2D eigenvalue weighted by atomic mass is 10.0. The molecule has 2 aliphatic heterocycles. The Morgan fingerprint density at radius 1 is 0.451 bits per heavy atom. The van der Waals surface area contributed by atoms with Crippen molar-refractivity contribution >= 4 is 0 Å². The van der Waals surface area contributed by atoms with Crippen molar-refractivity contribution in [3.05, 3.63) is 90.8 Å². The van der Waals surface area contributed by atoms with Crippen LogP contribution in [0.1, 0.15) is 170 Å². The molecule has 0 amide bonds. The summed E-state index contributed by atoms with van der Waals surface area (Å²) in [5, 5.41) is 0. The van der Waals surface area contributed by atoms with E-state index in [0.717, 1.165) is 42.5 Å². The zero-order valence-corrected chi connectivity index (χ0v) is 36.8. The quantitative estimate of drug-likeness (QED) is 0.251. The van der Waals surface area contributed by atoms with Gasteiger partial charge in [-0.3, -0.25) is 4.98 Å². The topological polar surface area (TPSA) is 40.6 Å². The molecule has 0 N–H and O–H groups in total. The molecule has 3 heterocycles. The van der Waals surface area contributed by atoms with Crippen molar-refractivity contribution < 1.29 is 14.2 Å². The monoisotopic (exact) mass is 718 g/mol. The van der Waals surface area contributed by atoms with Crippen LogP contribution in [0.2, 0.25) is 0 Å². The Balaban J connectivity index is -0.0000000873. The molecule has 0 bridgehead atoms. The minimum Gasteiger partial charge on any atom is -0.454 e. The van der Waals surface area contributed by atoms with Crippen molar-refractivity contribution in [1.82, 2.24) is 4.98 Å². The molecule has 0 radical (unpaired) electrons. The van der Waals surface area contributed by atoms with Gasteiger partial charge in [-0.15, -0.1) is 0 Å².